The zero-order chi connectivity index (χ0) is 20.0. The normalized spacial score (nSPS) is 16.9. The number of halogens is 1. The second kappa shape index (κ2) is 6.65. The van der Waals surface area contributed by atoms with Crippen LogP contribution in [0.1, 0.15) is 31.2 Å². The molecule has 0 radical (unpaired) electrons. The summed E-state index contributed by atoms with van der Waals surface area (Å²) >= 11 is 0. The van der Waals surface area contributed by atoms with E-state index in [1.54, 1.807) is 23.1 Å². The fourth-order valence-corrected chi connectivity index (χ4v) is 4.79. The molecule has 1 spiro atoms. The van der Waals surface area contributed by atoms with Gasteiger partial charge in [0.15, 0.2) is 0 Å². The first kappa shape index (κ1) is 17.8. The van der Waals surface area contributed by atoms with Gasteiger partial charge in [0.2, 0.25) is 0 Å². The summed E-state index contributed by atoms with van der Waals surface area (Å²) in [6.07, 6.45) is 5.72. The molecule has 29 heavy (non-hydrogen) atoms. The fraction of sp³-hybridized carbons (Fsp3) is 0.261. The van der Waals surface area contributed by atoms with Crippen molar-refractivity contribution in [1.29, 1.82) is 0 Å². The topological polar surface area (TPSA) is 62.3 Å². The zero-order valence-corrected chi connectivity index (χ0v) is 15.8. The summed E-state index contributed by atoms with van der Waals surface area (Å²) in [6, 6.07) is 14.1. The number of carbonyl (C=O) groups is 2. The summed E-state index contributed by atoms with van der Waals surface area (Å²) in [5.41, 5.74) is 2.56. The second-order valence-corrected chi connectivity index (χ2v) is 7.89. The molecule has 3 aromatic rings. The average molecular weight is 389 g/mol. The maximum atomic E-state index is 13.8. The Labute approximate surface area is 167 Å². The van der Waals surface area contributed by atoms with Crippen LogP contribution in [0.5, 0.6) is 0 Å². The van der Waals surface area contributed by atoms with Crippen LogP contribution in [0.25, 0.3) is 10.9 Å². The van der Waals surface area contributed by atoms with Crippen LogP contribution < -0.4 is 10.2 Å². The number of pyridine rings is 1. The number of carbonyl (C=O) groups excluding carboxylic acids is 2. The third-order valence-corrected chi connectivity index (χ3v) is 6.15. The molecule has 1 aliphatic carbocycles. The molecule has 5 nitrogen and oxygen atoms in total. The van der Waals surface area contributed by atoms with Crippen LogP contribution >= 0.6 is 0 Å². The van der Waals surface area contributed by atoms with Gasteiger partial charge in [-0.15, -0.1) is 0 Å². The number of para-hydroxylation sites is 2. The highest BCUT2D eigenvalue weighted by Gasteiger charge is 2.47. The predicted octanol–water partition coefficient (Wildman–Crippen LogP) is 4.17. The molecule has 1 aromatic heterocycles. The first-order chi connectivity index (χ1) is 14.1. The smallest absolute Gasteiger partial charge is 0.316 e. The maximum Gasteiger partial charge on any atom is 0.316 e. The molecule has 0 bridgehead atoms. The molecule has 0 atom stereocenters. The number of anilines is 2. The van der Waals surface area contributed by atoms with Gasteiger partial charge in [0.1, 0.15) is 11.3 Å². The summed E-state index contributed by atoms with van der Waals surface area (Å²) < 4.78 is 13.8. The summed E-state index contributed by atoms with van der Waals surface area (Å²) in [7, 11) is 0. The number of hydrogen-bond donors (Lipinski definition) is 1. The molecule has 5 rings (SSSR count). The molecule has 2 heterocycles. The number of nitrogens with one attached hydrogen (secondary N) is 1. The van der Waals surface area contributed by atoms with Crippen molar-refractivity contribution in [2.75, 3.05) is 16.8 Å². The van der Waals surface area contributed by atoms with Crippen molar-refractivity contribution in [2.45, 2.75) is 31.1 Å². The van der Waals surface area contributed by atoms with E-state index in [9.17, 15) is 14.0 Å². The van der Waals surface area contributed by atoms with Gasteiger partial charge in [0.05, 0.1) is 11.9 Å². The van der Waals surface area contributed by atoms with Crippen molar-refractivity contribution in [3.8, 4) is 0 Å². The highest BCUT2D eigenvalue weighted by molar-refractivity contribution is 6.44. The van der Waals surface area contributed by atoms with E-state index in [-0.39, 0.29) is 10.9 Å². The zero-order valence-electron chi connectivity index (χ0n) is 15.8. The molecule has 2 aliphatic rings. The number of aromatic nitrogens is 1. The quantitative estimate of drug-likeness (QED) is 0.636. The Balaban J connectivity index is 1.40. The molecule has 1 saturated carbocycles. The Morgan fingerprint density at radius 3 is 2.69 bits per heavy atom. The van der Waals surface area contributed by atoms with E-state index >= 15 is 0 Å². The van der Waals surface area contributed by atoms with E-state index in [1.165, 1.54) is 17.8 Å². The van der Waals surface area contributed by atoms with Gasteiger partial charge < -0.3 is 10.2 Å². The molecule has 0 saturated heterocycles. The molecule has 2 amide bonds. The summed E-state index contributed by atoms with van der Waals surface area (Å²) in [5.74, 6) is -1.72. The maximum absolute atomic E-state index is 13.8. The van der Waals surface area contributed by atoms with E-state index in [0.29, 0.717) is 17.6 Å². The van der Waals surface area contributed by atoms with Gasteiger partial charge in [0.25, 0.3) is 0 Å². The third kappa shape index (κ3) is 2.87. The Morgan fingerprint density at radius 1 is 1.07 bits per heavy atom. The minimum Gasteiger partial charge on any atom is -0.316 e. The fourth-order valence-electron chi connectivity index (χ4n) is 4.79. The first-order valence-corrected chi connectivity index (χ1v) is 9.84. The summed E-state index contributed by atoms with van der Waals surface area (Å²) in [6.45, 7) is 0.541. The van der Waals surface area contributed by atoms with Crippen LogP contribution in [-0.4, -0.2) is 23.3 Å². The Morgan fingerprint density at radius 2 is 1.86 bits per heavy atom. The summed E-state index contributed by atoms with van der Waals surface area (Å²) in [4.78, 5) is 31.4. The highest BCUT2D eigenvalue weighted by Crippen LogP contribution is 2.50. The molecule has 146 valence electrons. The minimum atomic E-state index is -0.715. The van der Waals surface area contributed by atoms with E-state index in [0.717, 1.165) is 31.4 Å². The number of benzene rings is 2. The van der Waals surface area contributed by atoms with E-state index in [4.69, 9.17) is 0 Å². The molecule has 0 unspecified atom stereocenters. The number of hydrogen-bond acceptors (Lipinski definition) is 3. The van der Waals surface area contributed by atoms with Gasteiger partial charge in [-0.25, -0.2) is 4.39 Å². The average Bonchev–Trinajstić information content (AvgIpc) is 3.34. The molecular formula is C23H20FN3O2. The van der Waals surface area contributed by atoms with Crippen molar-refractivity contribution >= 4 is 34.1 Å². The predicted molar refractivity (Wildman–Crippen MR) is 109 cm³/mol. The SMILES string of the molecule is O=C(Nc1cnc2c(F)cccc2c1)C(=O)N1CC2(CCCC2)c2ccccc21. The Kier molecular flexibility index (Phi) is 4.08. The van der Waals surface area contributed by atoms with E-state index in [1.807, 2.05) is 18.2 Å². The van der Waals surface area contributed by atoms with Gasteiger partial charge >= 0.3 is 11.8 Å². The molecule has 1 aliphatic heterocycles. The molecule has 2 aromatic carbocycles. The Hall–Kier alpha value is -3.28. The molecular weight excluding hydrogens is 369 g/mol. The first-order valence-electron chi connectivity index (χ1n) is 9.84. The van der Waals surface area contributed by atoms with Crippen molar-refractivity contribution in [3.05, 3.63) is 66.1 Å². The monoisotopic (exact) mass is 389 g/mol. The van der Waals surface area contributed by atoms with E-state index in [2.05, 4.69) is 16.4 Å². The van der Waals surface area contributed by atoms with Crippen molar-refractivity contribution in [2.24, 2.45) is 0 Å². The number of nitrogens with zero attached hydrogens (tertiary/aromatic N) is 2. The van der Waals surface area contributed by atoms with Gasteiger partial charge in [0, 0.05) is 23.0 Å². The van der Waals surface area contributed by atoms with Crippen LogP contribution in [0, 0.1) is 5.82 Å². The third-order valence-electron chi connectivity index (χ3n) is 6.15. The minimum absolute atomic E-state index is 0.0332. The lowest BCUT2D eigenvalue weighted by atomic mass is 9.81. The molecule has 1 fully saturated rings. The van der Waals surface area contributed by atoms with Crippen molar-refractivity contribution in [3.63, 3.8) is 0 Å². The Bertz CT molecular complexity index is 1140. The van der Waals surface area contributed by atoms with Crippen LogP contribution in [0.15, 0.2) is 54.7 Å². The number of amides is 2. The number of fused-ring (bicyclic) bond motifs is 3. The van der Waals surface area contributed by atoms with Crippen LogP contribution in [0.2, 0.25) is 0 Å². The lowest BCUT2D eigenvalue weighted by Crippen LogP contribution is -2.41. The standard InChI is InChI=1S/C23H20FN3O2/c24-18-8-5-6-15-12-16(13-25-20(15)18)26-21(28)22(29)27-14-23(10-3-4-11-23)17-7-1-2-9-19(17)27/h1-2,5-9,12-13H,3-4,10-11,14H2,(H,26,28). The highest BCUT2D eigenvalue weighted by atomic mass is 19.1. The van der Waals surface area contributed by atoms with Gasteiger partial charge in [-0.05, 0) is 36.6 Å². The van der Waals surface area contributed by atoms with Gasteiger partial charge in [-0.1, -0.05) is 43.2 Å². The lowest BCUT2D eigenvalue weighted by molar-refractivity contribution is -0.134. The second-order valence-electron chi connectivity index (χ2n) is 7.89. The van der Waals surface area contributed by atoms with Crippen molar-refractivity contribution < 1.29 is 14.0 Å². The largest absolute Gasteiger partial charge is 0.316 e. The van der Waals surface area contributed by atoms with Crippen LogP contribution in [0.3, 0.4) is 0 Å². The van der Waals surface area contributed by atoms with Gasteiger partial charge in [-0.2, -0.15) is 0 Å². The molecule has 6 heteroatoms. The number of rotatable bonds is 1. The van der Waals surface area contributed by atoms with Crippen LogP contribution in [0.4, 0.5) is 15.8 Å². The van der Waals surface area contributed by atoms with Gasteiger partial charge in [-0.3, -0.25) is 14.6 Å². The lowest BCUT2D eigenvalue weighted by Gasteiger charge is -2.24. The van der Waals surface area contributed by atoms with Crippen LogP contribution in [-0.2, 0) is 15.0 Å². The summed E-state index contributed by atoms with van der Waals surface area (Å²) in [5, 5.41) is 3.19. The molecule has 1 N–H and O–H groups in total. The van der Waals surface area contributed by atoms with E-state index < -0.39 is 17.6 Å². The van der Waals surface area contributed by atoms with Crippen molar-refractivity contribution in [1.82, 2.24) is 4.98 Å².